The van der Waals surface area contributed by atoms with Gasteiger partial charge in [-0.05, 0) is 36.8 Å². The van der Waals surface area contributed by atoms with Crippen molar-refractivity contribution in [1.29, 1.82) is 0 Å². The van der Waals surface area contributed by atoms with E-state index in [-0.39, 0.29) is 12.6 Å². The SMILES string of the molecule is CC(c1ccc(Cl)cc1)N(C)c1ccc(CO)nn1. The fourth-order valence-corrected chi connectivity index (χ4v) is 1.91. The predicted molar refractivity (Wildman–Crippen MR) is 76.2 cm³/mol. The van der Waals surface area contributed by atoms with Crippen LogP contribution in [-0.4, -0.2) is 22.4 Å². The van der Waals surface area contributed by atoms with Crippen LogP contribution < -0.4 is 4.90 Å². The molecule has 5 heteroatoms. The van der Waals surface area contributed by atoms with Crippen LogP contribution in [0.2, 0.25) is 5.02 Å². The fourth-order valence-electron chi connectivity index (χ4n) is 1.79. The summed E-state index contributed by atoms with van der Waals surface area (Å²) in [5.74, 6) is 0.764. The van der Waals surface area contributed by atoms with Gasteiger partial charge in [0.25, 0.3) is 0 Å². The van der Waals surface area contributed by atoms with Crippen LogP contribution in [0.5, 0.6) is 0 Å². The topological polar surface area (TPSA) is 49.2 Å². The molecule has 0 radical (unpaired) electrons. The molecule has 1 aromatic carbocycles. The van der Waals surface area contributed by atoms with E-state index >= 15 is 0 Å². The van der Waals surface area contributed by atoms with E-state index in [1.54, 1.807) is 6.07 Å². The standard InChI is InChI=1S/C14H16ClN3O/c1-10(11-3-5-12(15)6-4-11)18(2)14-8-7-13(9-19)16-17-14/h3-8,10,19H,9H2,1-2H3. The van der Waals surface area contributed by atoms with Crippen LogP contribution >= 0.6 is 11.6 Å². The Balaban J connectivity index is 2.17. The Labute approximate surface area is 117 Å². The molecule has 0 aliphatic rings. The Hall–Kier alpha value is -1.65. The molecule has 0 aliphatic heterocycles. The van der Waals surface area contributed by atoms with Crippen molar-refractivity contribution in [2.24, 2.45) is 0 Å². The van der Waals surface area contributed by atoms with Gasteiger partial charge in [0.05, 0.1) is 18.3 Å². The first-order valence-electron chi connectivity index (χ1n) is 6.03. The second-order valence-electron chi connectivity index (χ2n) is 4.38. The average molecular weight is 278 g/mol. The molecule has 0 saturated heterocycles. The summed E-state index contributed by atoms with van der Waals surface area (Å²) in [5, 5.41) is 17.7. The molecule has 2 rings (SSSR count). The first kappa shape index (κ1) is 13.8. The minimum absolute atomic E-state index is 0.0935. The van der Waals surface area contributed by atoms with E-state index < -0.39 is 0 Å². The van der Waals surface area contributed by atoms with E-state index in [0.29, 0.717) is 5.69 Å². The second-order valence-corrected chi connectivity index (χ2v) is 4.82. The maximum atomic E-state index is 8.95. The smallest absolute Gasteiger partial charge is 0.151 e. The minimum atomic E-state index is -0.0935. The van der Waals surface area contributed by atoms with Gasteiger partial charge < -0.3 is 10.0 Å². The molecule has 0 amide bonds. The van der Waals surface area contributed by atoms with Crippen molar-refractivity contribution in [1.82, 2.24) is 10.2 Å². The summed E-state index contributed by atoms with van der Waals surface area (Å²) in [6.07, 6.45) is 0. The monoisotopic (exact) mass is 277 g/mol. The number of anilines is 1. The van der Waals surface area contributed by atoms with Crippen molar-refractivity contribution < 1.29 is 5.11 Å². The van der Waals surface area contributed by atoms with E-state index in [4.69, 9.17) is 16.7 Å². The van der Waals surface area contributed by atoms with Crippen LogP contribution in [0, 0.1) is 0 Å². The molecule has 4 nitrogen and oxygen atoms in total. The van der Waals surface area contributed by atoms with E-state index in [1.165, 1.54) is 0 Å². The van der Waals surface area contributed by atoms with Crippen molar-refractivity contribution >= 4 is 17.4 Å². The first-order valence-corrected chi connectivity index (χ1v) is 6.41. The Morgan fingerprint density at radius 3 is 2.37 bits per heavy atom. The van der Waals surface area contributed by atoms with Crippen LogP contribution in [0.1, 0.15) is 24.2 Å². The third-order valence-electron chi connectivity index (χ3n) is 3.16. The van der Waals surface area contributed by atoms with Crippen molar-refractivity contribution in [3.63, 3.8) is 0 Å². The van der Waals surface area contributed by atoms with E-state index in [0.717, 1.165) is 16.4 Å². The van der Waals surface area contributed by atoms with Crippen LogP contribution in [0.25, 0.3) is 0 Å². The number of benzene rings is 1. The molecule has 19 heavy (non-hydrogen) atoms. The van der Waals surface area contributed by atoms with Gasteiger partial charge in [0.1, 0.15) is 0 Å². The number of nitrogens with zero attached hydrogens (tertiary/aromatic N) is 3. The lowest BCUT2D eigenvalue weighted by atomic mass is 10.1. The van der Waals surface area contributed by atoms with Gasteiger partial charge >= 0.3 is 0 Å². The average Bonchev–Trinajstić information content (AvgIpc) is 2.46. The molecular formula is C14H16ClN3O. The Morgan fingerprint density at radius 2 is 1.84 bits per heavy atom. The Bertz CT molecular complexity index is 527. The highest BCUT2D eigenvalue weighted by Crippen LogP contribution is 2.24. The normalized spacial score (nSPS) is 12.2. The summed E-state index contributed by atoms with van der Waals surface area (Å²) in [5.41, 5.74) is 1.72. The van der Waals surface area contributed by atoms with Crippen molar-refractivity contribution in [3.8, 4) is 0 Å². The van der Waals surface area contributed by atoms with Gasteiger partial charge in [0, 0.05) is 12.1 Å². The molecule has 2 aromatic rings. The third-order valence-corrected chi connectivity index (χ3v) is 3.41. The van der Waals surface area contributed by atoms with Gasteiger partial charge in [-0.1, -0.05) is 23.7 Å². The van der Waals surface area contributed by atoms with E-state index in [9.17, 15) is 0 Å². The summed E-state index contributed by atoms with van der Waals surface area (Å²) in [6, 6.07) is 11.5. The van der Waals surface area contributed by atoms with Gasteiger partial charge in [-0.2, -0.15) is 5.10 Å². The van der Waals surface area contributed by atoms with Crippen LogP contribution in [0.3, 0.4) is 0 Å². The van der Waals surface area contributed by atoms with Gasteiger partial charge in [-0.15, -0.1) is 5.10 Å². The number of hydrogen-bond acceptors (Lipinski definition) is 4. The lowest BCUT2D eigenvalue weighted by Crippen LogP contribution is -2.23. The summed E-state index contributed by atoms with van der Waals surface area (Å²) in [4.78, 5) is 2.03. The Morgan fingerprint density at radius 1 is 1.16 bits per heavy atom. The highest BCUT2D eigenvalue weighted by molar-refractivity contribution is 6.30. The highest BCUT2D eigenvalue weighted by Gasteiger charge is 2.13. The molecule has 1 N–H and O–H groups in total. The van der Waals surface area contributed by atoms with Crippen molar-refractivity contribution in [2.45, 2.75) is 19.6 Å². The zero-order valence-electron chi connectivity index (χ0n) is 10.9. The Kier molecular flexibility index (Phi) is 4.35. The molecule has 1 atom stereocenters. The number of aliphatic hydroxyl groups is 1. The van der Waals surface area contributed by atoms with Crippen LogP contribution in [0.15, 0.2) is 36.4 Å². The summed E-state index contributed by atoms with van der Waals surface area (Å²) in [6.45, 7) is 1.99. The number of aromatic nitrogens is 2. The van der Waals surface area contributed by atoms with Gasteiger partial charge in [-0.3, -0.25) is 0 Å². The quantitative estimate of drug-likeness (QED) is 0.934. The minimum Gasteiger partial charge on any atom is -0.390 e. The lowest BCUT2D eigenvalue weighted by Gasteiger charge is -2.26. The molecule has 1 heterocycles. The van der Waals surface area contributed by atoms with Crippen LogP contribution in [0.4, 0.5) is 5.82 Å². The zero-order chi connectivity index (χ0) is 13.8. The molecule has 0 fully saturated rings. The fraction of sp³-hybridized carbons (Fsp3) is 0.286. The first-order chi connectivity index (χ1) is 9.11. The molecule has 0 aliphatic carbocycles. The number of rotatable bonds is 4. The van der Waals surface area contributed by atoms with Crippen LogP contribution in [-0.2, 0) is 6.61 Å². The number of halogens is 1. The summed E-state index contributed by atoms with van der Waals surface area (Å²) >= 11 is 5.89. The van der Waals surface area contributed by atoms with Gasteiger partial charge in [0.15, 0.2) is 5.82 Å². The lowest BCUT2D eigenvalue weighted by molar-refractivity contribution is 0.275. The molecule has 0 bridgehead atoms. The predicted octanol–water partition coefficient (Wildman–Crippen LogP) is 2.82. The van der Waals surface area contributed by atoms with Crippen molar-refractivity contribution in [2.75, 3.05) is 11.9 Å². The van der Waals surface area contributed by atoms with Gasteiger partial charge in [-0.25, -0.2) is 0 Å². The molecule has 0 spiro atoms. The molecular weight excluding hydrogens is 262 g/mol. The molecule has 0 saturated carbocycles. The number of hydrogen-bond donors (Lipinski definition) is 1. The molecule has 100 valence electrons. The second kappa shape index (κ2) is 5.99. The molecule has 1 aromatic heterocycles. The van der Waals surface area contributed by atoms with E-state index in [2.05, 4.69) is 17.1 Å². The summed E-state index contributed by atoms with van der Waals surface area (Å²) in [7, 11) is 1.96. The molecule has 1 unspecified atom stereocenters. The van der Waals surface area contributed by atoms with Crippen molar-refractivity contribution in [3.05, 3.63) is 52.7 Å². The van der Waals surface area contributed by atoms with Gasteiger partial charge in [0.2, 0.25) is 0 Å². The highest BCUT2D eigenvalue weighted by atomic mass is 35.5. The summed E-state index contributed by atoms with van der Waals surface area (Å²) < 4.78 is 0. The van der Waals surface area contributed by atoms with E-state index in [1.807, 2.05) is 42.3 Å². The maximum absolute atomic E-state index is 8.95. The third kappa shape index (κ3) is 3.22. The largest absolute Gasteiger partial charge is 0.390 e. The zero-order valence-corrected chi connectivity index (χ0v) is 11.7. The maximum Gasteiger partial charge on any atom is 0.151 e. The number of aliphatic hydroxyl groups excluding tert-OH is 1.